The van der Waals surface area contributed by atoms with E-state index in [9.17, 15) is 9.59 Å². The van der Waals surface area contributed by atoms with Gasteiger partial charge in [-0.2, -0.15) is 11.8 Å². The van der Waals surface area contributed by atoms with Crippen molar-refractivity contribution in [3.05, 3.63) is 0 Å². The zero-order valence-corrected chi connectivity index (χ0v) is 10.4. The van der Waals surface area contributed by atoms with Crippen molar-refractivity contribution < 1.29 is 14.7 Å². The maximum atomic E-state index is 11.6. The summed E-state index contributed by atoms with van der Waals surface area (Å²) in [6, 6.07) is 0. The fourth-order valence-corrected chi connectivity index (χ4v) is 2.85. The van der Waals surface area contributed by atoms with Gasteiger partial charge in [0.1, 0.15) is 0 Å². The molecule has 0 bridgehead atoms. The Bertz CT molecular complexity index is 252. The number of carboxylic acids is 1. The summed E-state index contributed by atoms with van der Waals surface area (Å²) < 4.78 is 0. The molecule has 1 rings (SSSR count). The van der Waals surface area contributed by atoms with Crippen molar-refractivity contribution in [2.45, 2.75) is 26.2 Å². The minimum atomic E-state index is -0.765. The van der Waals surface area contributed by atoms with E-state index in [-0.39, 0.29) is 17.7 Å². The molecular formula is C11H19NO3S. The maximum absolute atomic E-state index is 11.6. The number of rotatable bonds is 6. The van der Waals surface area contributed by atoms with Gasteiger partial charge >= 0.3 is 5.97 Å². The number of thioether (sulfide) groups is 1. The highest BCUT2D eigenvalue weighted by Crippen LogP contribution is 2.23. The van der Waals surface area contributed by atoms with Crippen molar-refractivity contribution in [2.24, 2.45) is 11.8 Å². The third kappa shape index (κ3) is 4.43. The van der Waals surface area contributed by atoms with Crippen LogP contribution >= 0.6 is 11.8 Å². The average Bonchev–Trinajstić information content (AvgIpc) is 2.76. The molecule has 0 radical (unpaired) electrons. The average molecular weight is 245 g/mol. The van der Waals surface area contributed by atoms with Crippen LogP contribution in [-0.2, 0) is 9.59 Å². The lowest BCUT2D eigenvalue weighted by atomic mass is 10.1. The van der Waals surface area contributed by atoms with E-state index in [4.69, 9.17) is 5.11 Å². The van der Waals surface area contributed by atoms with Gasteiger partial charge in [-0.1, -0.05) is 6.92 Å². The third-order valence-electron chi connectivity index (χ3n) is 2.84. The Kier molecular flexibility index (Phi) is 5.66. The van der Waals surface area contributed by atoms with E-state index < -0.39 is 5.97 Å². The number of hydrogen-bond acceptors (Lipinski definition) is 3. The van der Waals surface area contributed by atoms with Gasteiger partial charge in [-0.05, 0) is 25.0 Å². The molecule has 16 heavy (non-hydrogen) atoms. The molecule has 1 saturated heterocycles. The molecule has 0 aromatic carbocycles. The summed E-state index contributed by atoms with van der Waals surface area (Å²) in [5.74, 6) is 1.22. The van der Waals surface area contributed by atoms with Crippen LogP contribution in [0.25, 0.3) is 0 Å². The second kappa shape index (κ2) is 6.78. The minimum absolute atomic E-state index is 0.132. The van der Waals surface area contributed by atoms with E-state index in [1.165, 1.54) is 0 Å². The molecule has 2 N–H and O–H groups in total. The number of amides is 1. The van der Waals surface area contributed by atoms with Crippen LogP contribution in [0.5, 0.6) is 0 Å². The molecule has 0 aliphatic carbocycles. The van der Waals surface area contributed by atoms with E-state index in [1.807, 2.05) is 11.8 Å². The van der Waals surface area contributed by atoms with Gasteiger partial charge in [0.15, 0.2) is 0 Å². The number of carbonyl (C=O) groups is 2. The van der Waals surface area contributed by atoms with Crippen LogP contribution in [0.15, 0.2) is 0 Å². The normalized spacial score (nSPS) is 21.7. The van der Waals surface area contributed by atoms with Crippen LogP contribution in [0.1, 0.15) is 26.2 Å². The zero-order valence-electron chi connectivity index (χ0n) is 9.57. The Morgan fingerprint density at radius 2 is 2.31 bits per heavy atom. The van der Waals surface area contributed by atoms with Crippen LogP contribution in [-0.4, -0.2) is 35.0 Å². The second-order valence-corrected chi connectivity index (χ2v) is 5.38. The Balaban J connectivity index is 2.06. The molecule has 0 aromatic heterocycles. The van der Waals surface area contributed by atoms with Crippen molar-refractivity contribution in [2.75, 3.05) is 18.1 Å². The van der Waals surface area contributed by atoms with Crippen molar-refractivity contribution in [3.63, 3.8) is 0 Å². The highest BCUT2D eigenvalue weighted by atomic mass is 32.2. The van der Waals surface area contributed by atoms with Crippen LogP contribution < -0.4 is 5.32 Å². The first-order valence-corrected chi connectivity index (χ1v) is 6.85. The van der Waals surface area contributed by atoms with Gasteiger partial charge in [-0.25, -0.2) is 0 Å². The highest BCUT2D eigenvalue weighted by molar-refractivity contribution is 7.99. The summed E-state index contributed by atoms with van der Waals surface area (Å²) >= 11 is 1.82. The molecule has 2 unspecified atom stereocenters. The van der Waals surface area contributed by atoms with Crippen molar-refractivity contribution >= 4 is 23.6 Å². The smallest absolute Gasteiger partial charge is 0.306 e. The molecule has 1 heterocycles. The summed E-state index contributed by atoms with van der Waals surface area (Å²) in [6.07, 6.45) is 2.33. The van der Waals surface area contributed by atoms with Gasteiger partial charge in [0.25, 0.3) is 0 Å². The number of nitrogens with one attached hydrogen (secondary N) is 1. The molecular weight excluding hydrogens is 226 g/mol. The van der Waals surface area contributed by atoms with Crippen molar-refractivity contribution in [1.82, 2.24) is 5.32 Å². The predicted molar refractivity (Wildman–Crippen MR) is 64.5 cm³/mol. The molecule has 4 nitrogen and oxygen atoms in total. The third-order valence-corrected chi connectivity index (χ3v) is 4.00. The molecule has 1 aliphatic heterocycles. The van der Waals surface area contributed by atoms with E-state index >= 15 is 0 Å². The molecule has 2 atom stereocenters. The lowest BCUT2D eigenvalue weighted by Crippen LogP contribution is -2.31. The van der Waals surface area contributed by atoms with Crippen molar-refractivity contribution in [3.8, 4) is 0 Å². The SMILES string of the molecule is CC(CCCNC(=O)C1CCSC1)C(=O)O. The minimum Gasteiger partial charge on any atom is -0.481 e. The van der Waals surface area contributed by atoms with Gasteiger partial charge in [0, 0.05) is 18.2 Å². The summed E-state index contributed by atoms with van der Waals surface area (Å²) in [5, 5.41) is 11.5. The highest BCUT2D eigenvalue weighted by Gasteiger charge is 2.22. The molecule has 1 fully saturated rings. The fourth-order valence-electron chi connectivity index (χ4n) is 1.63. The Labute approximate surface area is 100 Å². The Morgan fingerprint density at radius 1 is 1.56 bits per heavy atom. The van der Waals surface area contributed by atoms with Crippen LogP contribution in [0.4, 0.5) is 0 Å². The Hall–Kier alpha value is -0.710. The van der Waals surface area contributed by atoms with Crippen LogP contribution in [0.3, 0.4) is 0 Å². The Morgan fingerprint density at radius 3 is 2.88 bits per heavy atom. The number of hydrogen-bond donors (Lipinski definition) is 2. The number of carbonyl (C=O) groups excluding carboxylic acids is 1. The molecule has 0 spiro atoms. The molecule has 1 aliphatic rings. The van der Waals surface area contributed by atoms with E-state index in [2.05, 4.69) is 5.32 Å². The van der Waals surface area contributed by atoms with E-state index in [0.29, 0.717) is 13.0 Å². The lowest BCUT2D eigenvalue weighted by molar-refractivity contribution is -0.141. The molecule has 5 heteroatoms. The second-order valence-electron chi connectivity index (χ2n) is 4.23. The monoisotopic (exact) mass is 245 g/mol. The van der Waals surface area contributed by atoms with Crippen molar-refractivity contribution in [1.29, 1.82) is 0 Å². The summed E-state index contributed by atoms with van der Waals surface area (Å²) in [6.45, 7) is 2.29. The number of carboxylic acid groups (broad SMARTS) is 1. The summed E-state index contributed by atoms with van der Waals surface area (Å²) in [4.78, 5) is 22.1. The first-order valence-electron chi connectivity index (χ1n) is 5.69. The lowest BCUT2D eigenvalue weighted by Gasteiger charge is -2.10. The molecule has 92 valence electrons. The van der Waals surface area contributed by atoms with Crippen LogP contribution in [0.2, 0.25) is 0 Å². The predicted octanol–water partition coefficient (Wildman–Crippen LogP) is 1.36. The largest absolute Gasteiger partial charge is 0.481 e. The van der Waals surface area contributed by atoms with E-state index in [1.54, 1.807) is 6.92 Å². The zero-order chi connectivity index (χ0) is 12.0. The summed E-state index contributed by atoms with van der Waals surface area (Å²) in [7, 11) is 0. The first-order chi connectivity index (χ1) is 7.61. The first kappa shape index (κ1) is 13.4. The van der Waals surface area contributed by atoms with Gasteiger partial charge in [0.2, 0.25) is 5.91 Å². The standard InChI is InChI=1S/C11H19NO3S/c1-8(11(14)15)3-2-5-12-10(13)9-4-6-16-7-9/h8-9H,2-7H2,1H3,(H,12,13)(H,14,15). The van der Waals surface area contributed by atoms with E-state index in [0.717, 1.165) is 24.3 Å². The van der Waals surface area contributed by atoms with Gasteiger partial charge in [0.05, 0.1) is 5.92 Å². The van der Waals surface area contributed by atoms with Gasteiger partial charge < -0.3 is 10.4 Å². The number of aliphatic carboxylic acids is 1. The van der Waals surface area contributed by atoms with Crippen LogP contribution in [0, 0.1) is 11.8 Å². The van der Waals surface area contributed by atoms with Gasteiger partial charge in [-0.15, -0.1) is 0 Å². The van der Waals surface area contributed by atoms with Gasteiger partial charge in [-0.3, -0.25) is 9.59 Å². The molecule has 0 saturated carbocycles. The quantitative estimate of drug-likeness (QED) is 0.693. The molecule has 0 aromatic rings. The fraction of sp³-hybridized carbons (Fsp3) is 0.818. The molecule has 1 amide bonds. The maximum Gasteiger partial charge on any atom is 0.306 e. The summed E-state index contributed by atoms with van der Waals surface area (Å²) in [5.41, 5.74) is 0. The topological polar surface area (TPSA) is 66.4 Å².